The van der Waals surface area contributed by atoms with E-state index in [1.165, 1.54) is 77.3 Å². The van der Waals surface area contributed by atoms with Gasteiger partial charge in [0.25, 0.3) is 0 Å². The molecule has 0 aromatic rings. The molecule has 4 heteroatoms. The summed E-state index contributed by atoms with van der Waals surface area (Å²) >= 11 is 0. The minimum absolute atomic E-state index is 0.540. The Morgan fingerprint density at radius 2 is 1.52 bits per heavy atom. The van der Waals surface area contributed by atoms with Crippen LogP contribution in [0.25, 0.3) is 0 Å². The predicted octanol–water partition coefficient (Wildman–Crippen LogP) is 4.11. The lowest BCUT2D eigenvalue weighted by Crippen LogP contribution is -2.58. The van der Waals surface area contributed by atoms with Gasteiger partial charge in [-0.1, -0.05) is 44.9 Å². The summed E-state index contributed by atoms with van der Waals surface area (Å²) in [5.74, 6) is 0.973. The average molecular weight is 314 g/mol. The Balaban J connectivity index is 1.94. The van der Waals surface area contributed by atoms with Gasteiger partial charge in [0.2, 0.25) is 0 Å². The standard InChI is InChI=1S/C17H35NO2Si/c1-19-21(3,20-2)17-12-8-5-9-14-18(17)15-13-16-10-6-4-7-11-16/h16-17H,4-15H2,1-3H3. The summed E-state index contributed by atoms with van der Waals surface area (Å²) in [6.45, 7) is 4.74. The molecule has 0 aromatic carbocycles. The maximum atomic E-state index is 5.88. The highest BCUT2D eigenvalue weighted by atomic mass is 28.4. The van der Waals surface area contributed by atoms with Crippen LogP contribution < -0.4 is 0 Å². The van der Waals surface area contributed by atoms with Gasteiger partial charge >= 0.3 is 8.56 Å². The summed E-state index contributed by atoms with van der Waals surface area (Å²) < 4.78 is 11.8. The monoisotopic (exact) mass is 313 g/mol. The summed E-state index contributed by atoms with van der Waals surface area (Å²) in [7, 11) is 1.64. The zero-order valence-corrected chi connectivity index (χ0v) is 15.4. The molecule has 1 unspecified atom stereocenters. The van der Waals surface area contributed by atoms with Gasteiger partial charge in [-0.25, -0.2) is 0 Å². The van der Waals surface area contributed by atoms with Crippen molar-refractivity contribution in [3.05, 3.63) is 0 Å². The van der Waals surface area contributed by atoms with E-state index in [0.29, 0.717) is 5.67 Å². The number of hydrogen-bond donors (Lipinski definition) is 0. The first-order chi connectivity index (χ1) is 10.2. The van der Waals surface area contributed by atoms with Crippen molar-refractivity contribution < 1.29 is 8.85 Å². The van der Waals surface area contributed by atoms with E-state index in [0.717, 1.165) is 5.92 Å². The average Bonchev–Trinajstić information content (AvgIpc) is 2.79. The fourth-order valence-corrected chi connectivity index (χ4v) is 6.57. The van der Waals surface area contributed by atoms with Crippen LogP contribution in [0.3, 0.4) is 0 Å². The second kappa shape index (κ2) is 8.66. The van der Waals surface area contributed by atoms with Gasteiger partial charge in [-0.15, -0.1) is 0 Å². The van der Waals surface area contributed by atoms with E-state index < -0.39 is 8.56 Å². The lowest BCUT2D eigenvalue weighted by atomic mass is 9.87. The van der Waals surface area contributed by atoms with Gasteiger partial charge in [0.1, 0.15) is 0 Å². The molecule has 2 aliphatic rings. The third-order valence-corrected chi connectivity index (χ3v) is 9.31. The number of likely N-dealkylation sites (tertiary alicyclic amines) is 1. The van der Waals surface area contributed by atoms with Gasteiger partial charge in [-0.05, 0) is 44.8 Å². The minimum Gasteiger partial charge on any atom is -0.397 e. The quantitative estimate of drug-likeness (QED) is 0.689. The van der Waals surface area contributed by atoms with Crippen molar-refractivity contribution in [3.8, 4) is 0 Å². The Morgan fingerprint density at radius 3 is 2.19 bits per heavy atom. The van der Waals surface area contributed by atoms with Gasteiger partial charge in [-0.2, -0.15) is 0 Å². The molecule has 1 aliphatic carbocycles. The molecule has 0 N–H and O–H groups in total. The highest BCUT2D eigenvalue weighted by Gasteiger charge is 2.43. The smallest absolute Gasteiger partial charge is 0.352 e. The topological polar surface area (TPSA) is 21.7 Å². The normalized spacial score (nSPS) is 26.7. The van der Waals surface area contributed by atoms with E-state index in [-0.39, 0.29) is 0 Å². The van der Waals surface area contributed by atoms with Crippen LogP contribution in [0.2, 0.25) is 6.55 Å². The minimum atomic E-state index is -2.05. The largest absolute Gasteiger partial charge is 0.397 e. The number of hydrogen-bond acceptors (Lipinski definition) is 3. The van der Waals surface area contributed by atoms with Crippen molar-refractivity contribution >= 4 is 8.56 Å². The first kappa shape index (κ1) is 17.5. The molecule has 1 saturated heterocycles. The van der Waals surface area contributed by atoms with Crippen molar-refractivity contribution in [2.24, 2.45) is 5.92 Å². The first-order valence-electron chi connectivity index (χ1n) is 9.04. The third kappa shape index (κ3) is 4.78. The molecule has 0 radical (unpaired) electrons. The number of rotatable bonds is 6. The lowest BCUT2D eigenvalue weighted by Gasteiger charge is -2.39. The second-order valence-corrected chi connectivity index (χ2v) is 10.6. The van der Waals surface area contributed by atoms with Crippen molar-refractivity contribution in [2.45, 2.75) is 76.4 Å². The van der Waals surface area contributed by atoms with E-state index >= 15 is 0 Å². The zero-order chi connectivity index (χ0) is 15.1. The Morgan fingerprint density at radius 1 is 0.905 bits per heavy atom. The van der Waals surface area contributed by atoms with Crippen LogP contribution in [-0.2, 0) is 8.85 Å². The van der Waals surface area contributed by atoms with Gasteiger partial charge in [0.05, 0.1) is 5.67 Å². The second-order valence-electron chi connectivity index (χ2n) is 7.12. The van der Waals surface area contributed by atoms with E-state index in [4.69, 9.17) is 8.85 Å². The fraction of sp³-hybridized carbons (Fsp3) is 1.00. The molecule has 2 rings (SSSR count). The molecule has 0 amide bonds. The molecule has 1 aliphatic heterocycles. The molecule has 2 fully saturated rings. The van der Waals surface area contributed by atoms with Crippen LogP contribution in [0.15, 0.2) is 0 Å². The van der Waals surface area contributed by atoms with Crippen LogP contribution in [0.4, 0.5) is 0 Å². The van der Waals surface area contributed by atoms with E-state index in [2.05, 4.69) is 11.4 Å². The van der Waals surface area contributed by atoms with Crippen LogP contribution >= 0.6 is 0 Å². The molecule has 3 nitrogen and oxygen atoms in total. The molecule has 0 bridgehead atoms. The molecular formula is C17H35NO2Si. The summed E-state index contributed by atoms with van der Waals surface area (Å²) in [6.07, 6.45) is 14.0. The van der Waals surface area contributed by atoms with Crippen molar-refractivity contribution in [1.29, 1.82) is 0 Å². The maximum Gasteiger partial charge on any atom is 0.352 e. The first-order valence-corrected chi connectivity index (χ1v) is 11.4. The van der Waals surface area contributed by atoms with Gasteiger partial charge in [0, 0.05) is 14.2 Å². The third-order valence-electron chi connectivity index (χ3n) is 5.83. The van der Waals surface area contributed by atoms with E-state index in [9.17, 15) is 0 Å². The Kier molecular flexibility index (Phi) is 7.19. The Bertz CT molecular complexity index is 291. The van der Waals surface area contributed by atoms with Gasteiger partial charge < -0.3 is 8.85 Å². The van der Waals surface area contributed by atoms with Crippen LogP contribution in [0, 0.1) is 5.92 Å². The summed E-state index contributed by atoms with van der Waals surface area (Å²) in [4.78, 5) is 2.72. The Hall–Kier alpha value is 0.0969. The molecule has 1 saturated carbocycles. The molecule has 1 heterocycles. The maximum absolute atomic E-state index is 5.88. The Labute approximate surface area is 132 Å². The van der Waals surface area contributed by atoms with Crippen LogP contribution in [0.1, 0.15) is 64.2 Å². The van der Waals surface area contributed by atoms with Crippen LogP contribution in [0.5, 0.6) is 0 Å². The summed E-state index contributed by atoms with van der Waals surface area (Å²) in [5, 5.41) is 0. The van der Waals surface area contributed by atoms with Crippen molar-refractivity contribution in [2.75, 3.05) is 27.3 Å². The van der Waals surface area contributed by atoms with Gasteiger partial charge in [-0.3, -0.25) is 4.90 Å². The highest BCUT2D eigenvalue weighted by Crippen LogP contribution is 2.29. The highest BCUT2D eigenvalue weighted by molar-refractivity contribution is 6.67. The molecule has 0 aromatic heterocycles. The zero-order valence-electron chi connectivity index (χ0n) is 14.4. The van der Waals surface area contributed by atoms with E-state index in [1.54, 1.807) is 0 Å². The SMILES string of the molecule is CO[Si](C)(OC)C1CCCCCN1CCC1CCCCC1. The molecular weight excluding hydrogens is 278 g/mol. The van der Waals surface area contributed by atoms with E-state index in [1.807, 2.05) is 14.2 Å². The predicted molar refractivity (Wildman–Crippen MR) is 90.7 cm³/mol. The summed E-state index contributed by atoms with van der Waals surface area (Å²) in [6, 6.07) is 0. The molecule has 21 heavy (non-hydrogen) atoms. The molecule has 1 atom stereocenters. The van der Waals surface area contributed by atoms with Crippen molar-refractivity contribution in [1.82, 2.24) is 4.90 Å². The molecule has 0 spiro atoms. The number of nitrogens with zero attached hydrogens (tertiary/aromatic N) is 1. The van der Waals surface area contributed by atoms with Crippen molar-refractivity contribution in [3.63, 3.8) is 0 Å². The lowest BCUT2D eigenvalue weighted by molar-refractivity contribution is 0.152. The molecule has 124 valence electrons. The van der Waals surface area contributed by atoms with Gasteiger partial charge in [0.15, 0.2) is 0 Å². The summed E-state index contributed by atoms with van der Waals surface area (Å²) in [5.41, 5.74) is 0.540. The fourth-order valence-electron chi connectivity index (χ4n) is 4.21. The van der Waals surface area contributed by atoms with Crippen LogP contribution in [-0.4, -0.2) is 46.4 Å².